The van der Waals surface area contributed by atoms with Crippen LogP contribution in [0, 0.1) is 13.8 Å². The van der Waals surface area contributed by atoms with Crippen LogP contribution in [0.4, 0.5) is 5.69 Å². The molecule has 0 spiro atoms. The second kappa shape index (κ2) is 7.82. The van der Waals surface area contributed by atoms with Crippen molar-refractivity contribution < 1.29 is 18.8 Å². The molecule has 7 heteroatoms. The molecule has 0 saturated carbocycles. The monoisotopic (exact) mass is 407 g/mol. The van der Waals surface area contributed by atoms with Crippen LogP contribution in [-0.4, -0.2) is 40.6 Å². The molecular formula is C23H25N3O4. The number of hydrogen-bond acceptors (Lipinski definition) is 4. The molecule has 30 heavy (non-hydrogen) atoms. The second-order valence-corrected chi connectivity index (χ2v) is 7.85. The fourth-order valence-corrected chi connectivity index (χ4v) is 4.12. The van der Waals surface area contributed by atoms with Crippen LogP contribution in [0.2, 0.25) is 0 Å². The van der Waals surface area contributed by atoms with Gasteiger partial charge < -0.3 is 19.6 Å². The lowest BCUT2D eigenvalue weighted by molar-refractivity contribution is 0.0694. The fourth-order valence-electron chi connectivity index (χ4n) is 4.12. The molecule has 0 bridgehead atoms. The third kappa shape index (κ3) is 3.63. The van der Waals surface area contributed by atoms with E-state index in [4.69, 9.17) is 4.42 Å². The highest BCUT2D eigenvalue weighted by atomic mass is 16.3. The standard InChI is InChI=1S/C23H25N3O4/c1-13-20(14(2)24-21(13)15(3)27)22(28)25-17-7-8-18-16(11-17)12-19(30-18)23(29)26-9-5-4-6-10-26/h7-8,11-12,24H,4-6,9-10H2,1-3H3,(H,25,28). The Labute approximate surface area is 174 Å². The summed E-state index contributed by atoms with van der Waals surface area (Å²) >= 11 is 0. The van der Waals surface area contributed by atoms with Crippen LogP contribution in [-0.2, 0) is 0 Å². The summed E-state index contributed by atoms with van der Waals surface area (Å²) in [5, 5.41) is 3.63. The topological polar surface area (TPSA) is 95.4 Å². The molecule has 1 saturated heterocycles. The zero-order valence-corrected chi connectivity index (χ0v) is 17.4. The number of nitrogens with one attached hydrogen (secondary N) is 2. The third-order valence-electron chi connectivity index (χ3n) is 5.64. The van der Waals surface area contributed by atoms with Gasteiger partial charge in [0.15, 0.2) is 11.5 Å². The molecule has 2 aromatic heterocycles. The first kappa shape index (κ1) is 19.9. The second-order valence-electron chi connectivity index (χ2n) is 7.85. The van der Waals surface area contributed by atoms with Gasteiger partial charge in [-0.3, -0.25) is 14.4 Å². The zero-order chi connectivity index (χ0) is 21.4. The maximum Gasteiger partial charge on any atom is 0.289 e. The number of carbonyl (C=O) groups excluding carboxylic acids is 3. The summed E-state index contributed by atoms with van der Waals surface area (Å²) in [5.74, 6) is -0.174. The number of rotatable bonds is 4. The Kier molecular flexibility index (Phi) is 5.20. The number of nitrogens with zero attached hydrogens (tertiary/aromatic N) is 1. The molecule has 1 aromatic carbocycles. The SMILES string of the molecule is CC(=O)c1[nH]c(C)c(C(=O)Nc2ccc3oc(C(=O)N4CCCCC4)cc3c2)c1C. The van der Waals surface area contributed by atoms with Crippen molar-refractivity contribution in [3.8, 4) is 0 Å². The van der Waals surface area contributed by atoms with E-state index in [0.717, 1.165) is 37.7 Å². The molecule has 0 aliphatic carbocycles. The first-order valence-electron chi connectivity index (χ1n) is 10.2. The number of anilines is 1. The number of aromatic amines is 1. The Balaban J connectivity index is 1.56. The molecule has 4 rings (SSSR count). The van der Waals surface area contributed by atoms with Crippen molar-refractivity contribution in [1.29, 1.82) is 0 Å². The van der Waals surface area contributed by atoms with E-state index in [1.54, 1.807) is 38.1 Å². The number of ketones is 1. The van der Waals surface area contributed by atoms with E-state index in [9.17, 15) is 14.4 Å². The van der Waals surface area contributed by atoms with Crippen molar-refractivity contribution in [3.63, 3.8) is 0 Å². The Hall–Kier alpha value is -3.35. The first-order valence-corrected chi connectivity index (χ1v) is 10.2. The molecule has 0 radical (unpaired) electrons. The smallest absolute Gasteiger partial charge is 0.289 e. The first-order chi connectivity index (χ1) is 14.3. The van der Waals surface area contributed by atoms with Gasteiger partial charge in [0.05, 0.1) is 11.3 Å². The lowest BCUT2D eigenvalue weighted by Gasteiger charge is -2.25. The molecule has 1 fully saturated rings. The van der Waals surface area contributed by atoms with Crippen LogP contribution in [0.1, 0.15) is 68.8 Å². The Morgan fingerprint density at radius 2 is 1.80 bits per heavy atom. The molecule has 2 N–H and O–H groups in total. The van der Waals surface area contributed by atoms with E-state index in [1.165, 1.54) is 6.92 Å². The minimum atomic E-state index is -0.291. The lowest BCUT2D eigenvalue weighted by Crippen LogP contribution is -2.35. The fraction of sp³-hybridized carbons (Fsp3) is 0.348. The highest BCUT2D eigenvalue weighted by Gasteiger charge is 2.23. The quantitative estimate of drug-likeness (QED) is 0.624. The number of Topliss-reactive ketones (excluding diaryl/α,β-unsaturated/α-hetero) is 1. The van der Waals surface area contributed by atoms with Crippen molar-refractivity contribution in [3.05, 3.63) is 52.5 Å². The van der Waals surface area contributed by atoms with Gasteiger partial charge in [-0.2, -0.15) is 0 Å². The van der Waals surface area contributed by atoms with Crippen molar-refractivity contribution >= 4 is 34.3 Å². The lowest BCUT2D eigenvalue weighted by atomic mass is 10.1. The molecule has 2 amide bonds. The number of amides is 2. The number of fused-ring (bicyclic) bond motifs is 1. The maximum atomic E-state index is 12.8. The molecular weight excluding hydrogens is 382 g/mol. The number of benzene rings is 1. The molecule has 7 nitrogen and oxygen atoms in total. The summed E-state index contributed by atoms with van der Waals surface area (Å²) in [4.78, 5) is 42.0. The van der Waals surface area contributed by atoms with Gasteiger partial charge in [0.25, 0.3) is 11.8 Å². The minimum Gasteiger partial charge on any atom is -0.451 e. The summed E-state index contributed by atoms with van der Waals surface area (Å²) in [6.07, 6.45) is 3.19. The highest BCUT2D eigenvalue weighted by molar-refractivity contribution is 6.09. The van der Waals surface area contributed by atoms with Crippen molar-refractivity contribution in [2.24, 2.45) is 0 Å². The molecule has 156 valence electrons. The van der Waals surface area contributed by atoms with Crippen LogP contribution >= 0.6 is 0 Å². The Morgan fingerprint density at radius 3 is 2.47 bits per heavy atom. The molecule has 1 aliphatic heterocycles. The number of aryl methyl sites for hydroxylation is 1. The average Bonchev–Trinajstić information content (AvgIpc) is 3.28. The Morgan fingerprint density at radius 1 is 1.07 bits per heavy atom. The van der Waals surface area contributed by atoms with E-state index in [1.807, 2.05) is 4.90 Å². The van der Waals surface area contributed by atoms with E-state index >= 15 is 0 Å². The number of carbonyl (C=O) groups is 3. The van der Waals surface area contributed by atoms with Crippen molar-refractivity contribution in [2.45, 2.75) is 40.0 Å². The number of hydrogen-bond donors (Lipinski definition) is 2. The number of aromatic nitrogens is 1. The molecule has 0 unspecified atom stereocenters. The molecule has 1 aliphatic rings. The van der Waals surface area contributed by atoms with E-state index in [2.05, 4.69) is 10.3 Å². The number of furan rings is 1. The maximum absolute atomic E-state index is 12.8. The number of H-pyrrole nitrogens is 1. The minimum absolute atomic E-state index is 0.0909. The van der Waals surface area contributed by atoms with Crippen LogP contribution in [0.15, 0.2) is 28.7 Å². The largest absolute Gasteiger partial charge is 0.451 e. The van der Waals surface area contributed by atoms with Gasteiger partial charge in [-0.25, -0.2) is 0 Å². The normalized spacial score (nSPS) is 14.2. The van der Waals surface area contributed by atoms with Gasteiger partial charge >= 0.3 is 0 Å². The zero-order valence-electron chi connectivity index (χ0n) is 17.4. The average molecular weight is 407 g/mol. The van der Waals surface area contributed by atoms with Gasteiger partial charge in [0.2, 0.25) is 0 Å². The van der Waals surface area contributed by atoms with Gasteiger partial charge in [0.1, 0.15) is 5.58 Å². The highest BCUT2D eigenvalue weighted by Crippen LogP contribution is 2.26. The van der Waals surface area contributed by atoms with E-state index in [-0.39, 0.29) is 17.6 Å². The predicted molar refractivity (Wildman–Crippen MR) is 114 cm³/mol. The summed E-state index contributed by atoms with van der Waals surface area (Å²) < 4.78 is 5.75. The van der Waals surface area contributed by atoms with Gasteiger partial charge in [0, 0.05) is 36.8 Å². The van der Waals surface area contributed by atoms with Gasteiger partial charge in [-0.1, -0.05) is 0 Å². The third-order valence-corrected chi connectivity index (χ3v) is 5.64. The van der Waals surface area contributed by atoms with Crippen LogP contribution in [0.25, 0.3) is 11.0 Å². The number of likely N-dealkylation sites (tertiary alicyclic amines) is 1. The Bertz CT molecular complexity index is 1150. The van der Waals surface area contributed by atoms with Crippen molar-refractivity contribution in [2.75, 3.05) is 18.4 Å². The van der Waals surface area contributed by atoms with E-state index < -0.39 is 0 Å². The summed E-state index contributed by atoms with van der Waals surface area (Å²) in [6, 6.07) is 6.99. The van der Waals surface area contributed by atoms with Crippen LogP contribution < -0.4 is 5.32 Å². The summed E-state index contributed by atoms with van der Waals surface area (Å²) in [6.45, 7) is 6.51. The van der Waals surface area contributed by atoms with Crippen LogP contribution in [0.3, 0.4) is 0 Å². The summed E-state index contributed by atoms with van der Waals surface area (Å²) in [7, 11) is 0. The summed E-state index contributed by atoms with van der Waals surface area (Å²) in [5.41, 5.74) is 3.39. The molecule has 3 heterocycles. The van der Waals surface area contributed by atoms with Gasteiger partial charge in [-0.05, 0) is 62.9 Å². The number of piperidine rings is 1. The van der Waals surface area contributed by atoms with Crippen LogP contribution in [0.5, 0.6) is 0 Å². The van der Waals surface area contributed by atoms with E-state index in [0.29, 0.717) is 39.5 Å². The predicted octanol–water partition coefficient (Wildman–Crippen LogP) is 4.46. The van der Waals surface area contributed by atoms with Gasteiger partial charge in [-0.15, -0.1) is 0 Å². The molecule has 0 atom stereocenters. The van der Waals surface area contributed by atoms with Crippen molar-refractivity contribution in [1.82, 2.24) is 9.88 Å². The molecule has 3 aromatic rings.